The smallest absolute Gasteiger partial charge is 0.264 e. The number of halogens is 1. The van der Waals surface area contributed by atoms with Crippen LogP contribution < -0.4 is 0 Å². The van der Waals surface area contributed by atoms with Gasteiger partial charge in [-0.25, -0.2) is 0 Å². The first kappa shape index (κ1) is 11.1. The molecule has 2 rings (SSSR count). The lowest BCUT2D eigenvalue weighted by molar-refractivity contribution is 0.0341. The average molecular weight is 334 g/mol. The maximum Gasteiger partial charge on any atom is 0.264 e. The van der Waals surface area contributed by atoms with Gasteiger partial charge in [0.1, 0.15) is 18.3 Å². The lowest BCUT2D eigenvalue weighted by Gasteiger charge is -2.14. The maximum absolute atomic E-state index is 10.9. The van der Waals surface area contributed by atoms with Crippen LogP contribution in [0.1, 0.15) is 0 Å². The van der Waals surface area contributed by atoms with Crippen molar-refractivity contribution in [1.82, 2.24) is 0 Å². The third-order valence-electron chi connectivity index (χ3n) is 2.25. The van der Waals surface area contributed by atoms with Gasteiger partial charge in [-0.3, -0.25) is 4.18 Å². The maximum atomic E-state index is 10.9. The molecule has 0 radical (unpaired) electrons. The van der Waals surface area contributed by atoms with E-state index in [0.717, 1.165) is 6.26 Å². The molecule has 2 heterocycles. The minimum Gasteiger partial charge on any atom is -0.371 e. The molecule has 0 aliphatic carbocycles. The molecule has 2 aliphatic rings. The van der Waals surface area contributed by atoms with E-state index >= 15 is 0 Å². The Kier molecular flexibility index (Phi) is 3.04. The number of fused-ring (bicyclic) bond motifs is 1. The molecule has 5 nitrogen and oxygen atoms in total. The number of hydrogen-bond acceptors (Lipinski definition) is 5. The zero-order valence-electron chi connectivity index (χ0n) is 7.55. The Morgan fingerprint density at radius 2 is 1.93 bits per heavy atom. The summed E-state index contributed by atoms with van der Waals surface area (Å²) in [7, 11) is -3.43. The molecule has 2 fully saturated rings. The molecule has 0 bridgehead atoms. The van der Waals surface area contributed by atoms with Crippen molar-refractivity contribution in [3.8, 4) is 0 Å². The fourth-order valence-electron chi connectivity index (χ4n) is 1.72. The largest absolute Gasteiger partial charge is 0.371 e. The van der Waals surface area contributed by atoms with Crippen molar-refractivity contribution in [1.29, 1.82) is 0 Å². The van der Waals surface area contributed by atoms with E-state index in [1.165, 1.54) is 0 Å². The van der Waals surface area contributed by atoms with Crippen LogP contribution in [0.25, 0.3) is 0 Å². The Bertz CT molecular complexity index is 316. The minimum absolute atomic E-state index is 0.0256. The van der Waals surface area contributed by atoms with E-state index in [4.69, 9.17) is 13.7 Å². The normalized spacial score (nSPS) is 42.7. The van der Waals surface area contributed by atoms with Crippen LogP contribution in [0.5, 0.6) is 0 Å². The SMILES string of the molecule is CS(=O)(=O)O[C@@H]1CO[C@H]2[C@@H]1OC[C@@H]2I. The van der Waals surface area contributed by atoms with Crippen LogP contribution in [0.15, 0.2) is 0 Å². The van der Waals surface area contributed by atoms with Crippen molar-refractivity contribution in [3.63, 3.8) is 0 Å². The highest BCUT2D eigenvalue weighted by Crippen LogP contribution is 2.33. The van der Waals surface area contributed by atoms with Gasteiger partial charge in [-0.05, 0) is 0 Å². The molecule has 2 saturated heterocycles. The van der Waals surface area contributed by atoms with Crippen molar-refractivity contribution >= 4 is 32.7 Å². The van der Waals surface area contributed by atoms with Gasteiger partial charge in [0.15, 0.2) is 0 Å². The third-order valence-corrected chi connectivity index (χ3v) is 3.91. The summed E-state index contributed by atoms with van der Waals surface area (Å²) in [5.74, 6) is 0. The molecule has 0 aromatic carbocycles. The highest BCUT2D eigenvalue weighted by atomic mass is 127. The Balaban J connectivity index is 2.04. The molecule has 0 unspecified atom stereocenters. The van der Waals surface area contributed by atoms with E-state index in [9.17, 15) is 8.42 Å². The van der Waals surface area contributed by atoms with Gasteiger partial charge >= 0.3 is 0 Å². The summed E-state index contributed by atoms with van der Waals surface area (Å²) in [6, 6.07) is 0. The van der Waals surface area contributed by atoms with Crippen molar-refractivity contribution in [2.24, 2.45) is 0 Å². The van der Waals surface area contributed by atoms with Crippen molar-refractivity contribution in [2.75, 3.05) is 19.5 Å². The van der Waals surface area contributed by atoms with E-state index in [-0.39, 0.29) is 16.1 Å². The number of ether oxygens (including phenoxy) is 2. The summed E-state index contributed by atoms with van der Waals surface area (Å²) in [5, 5.41) is 0. The molecule has 14 heavy (non-hydrogen) atoms. The van der Waals surface area contributed by atoms with Crippen LogP contribution >= 0.6 is 22.6 Å². The monoisotopic (exact) mass is 334 g/mol. The third kappa shape index (κ3) is 2.21. The van der Waals surface area contributed by atoms with Gasteiger partial charge < -0.3 is 9.47 Å². The van der Waals surface area contributed by atoms with Gasteiger partial charge in [-0.15, -0.1) is 0 Å². The van der Waals surface area contributed by atoms with Gasteiger partial charge in [-0.1, -0.05) is 22.6 Å². The standard InChI is InChI=1S/C7H11IO5S/c1-14(9,10)13-5-3-12-6-4(8)2-11-7(5)6/h4-7H,2-3H2,1H3/t4-,5+,6+,7+/m0/s1. The number of hydrogen-bond donors (Lipinski definition) is 0. The highest BCUT2D eigenvalue weighted by molar-refractivity contribution is 14.1. The first-order valence-electron chi connectivity index (χ1n) is 4.23. The van der Waals surface area contributed by atoms with E-state index in [1.54, 1.807) is 0 Å². The Morgan fingerprint density at radius 1 is 1.29 bits per heavy atom. The van der Waals surface area contributed by atoms with Gasteiger partial charge in [0.2, 0.25) is 0 Å². The van der Waals surface area contributed by atoms with E-state index in [0.29, 0.717) is 13.2 Å². The predicted molar refractivity (Wildman–Crippen MR) is 57.0 cm³/mol. The van der Waals surface area contributed by atoms with Crippen molar-refractivity contribution < 1.29 is 22.1 Å². The highest BCUT2D eigenvalue weighted by Gasteiger charge is 2.48. The molecule has 0 saturated carbocycles. The van der Waals surface area contributed by atoms with Gasteiger partial charge in [0.25, 0.3) is 10.1 Å². The number of alkyl halides is 1. The van der Waals surface area contributed by atoms with E-state index in [1.807, 2.05) is 0 Å². The van der Waals surface area contributed by atoms with E-state index < -0.39 is 16.2 Å². The van der Waals surface area contributed by atoms with Crippen molar-refractivity contribution in [2.45, 2.75) is 22.2 Å². The fourth-order valence-corrected chi connectivity index (χ4v) is 3.16. The number of rotatable bonds is 2. The van der Waals surface area contributed by atoms with Gasteiger partial charge in [-0.2, -0.15) is 8.42 Å². The Morgan fingerprint density at radius 3 is 2.57 bits per heavy atom. The molecule has 7 heteroatoms. The molecule has 0 N–H and O–H groups in total. The lowest BCUT2D eigenvalue weighted by Crippen LogP contribution is -2.32. The fraction of sp³-hybridized carbons (Fsp3) is 1.00. The molecule has 82 valence electrons. The summed E-state index contributed by atoms with van der Waals surface area (Å²) in [6.07, 6.45) is 0.306. The average Bonchev–Trinajstić information content (AvgIpc) is 2.55. The molecule has 0 aromatic rings. The zero-order chi connectivity index (χ0) is 10.3. The molecule has 2 aliphatic heterocycles. The minimum atomic E-state index is -3.43. The quantitative estimate of drug-likeness (QED) is 0.402. The van der Waals surface area contributed by atoms with Crippen molar-refractivity contribution in [3.05, 3.63) is 0 Å². The molecule has 0 aromatic heterocycles. The summed E-state index contributed by atoms with van der Waals surface area (Å²) >= 11 is 2.24. The topological polar surface area (TPSA) is 61.8 Å². The Labute approximate surface area is 96.4 Å². The summed E-state index contributed by atoms with van der Waals surface area (Å²) < 4.78 is 37.9. The first-order chi connectivity index (χ1) is 6.47. The molecular formula is C7H11IO5S. The van der Waals surface area contributed by atoms with Crippen LogP contribution in [0.3, 0.4) is 0 Å². The second-order valence-corrected chi connectivity index (χ2v) is 6.65. The summed E-state index contributed by atoms with van der Waals surface area (Å²) in [5.41, 5.74) is 0. The Hall–Kier alpha value is 0.560. The molecular weight excluding hydrogens is 323 g/mol. The molecule has 0 spiro atoms. The second kappa shape index (κ2) is 3.85. The molecule has 0 amide bonds. The van der Waals surface area contributed by atoms with Crippen LogP contribution in [-0.4, -0.2) is 50.1 Å². The molecule has 4 atom stereocenters. The zero-order valence-corrected chi connectivity index (χ0v) is 10.5. The van der Waals surface area contributed by atoms with Gasteiger partial charge in [0, 0.05) is 0 Å². The van der Waals surface area contributed by atoms with Crippen LogP contribution in [0.4, 0.5) is 0 Å². The summed E-state index contributed by atoms with van der Waals surface area (Å²) in [6.45, 7) is 0.890. The van der Waals surface area contributed by atoms with Crippen LogP contribution in [0.2, 0.25) is 0 Å². The van der Waals surface area contributed by atoms with E-state index in [2.05, 4.69) is 22.6 Å². The summed E-state index contributed by atoms with van der Waals surface area (Å²) in [4.78, 5) is 0. The predicted octanol–water partition coefficient (Wildman–Crippen LogP) is -0.0676. The van der Waals surface area contributed by atoms with Gasteiger partial charge in [0.05, 0.1) is 23.4 Å². The second-order valence-electron chi connectivity index (χ2n) is 3.45. The van der Waals surface area contributed by atoms with Crippen LogP contribution in [0, 0.1) is 0 Å². The van der Waals surface area contributed by atoms with Crippen LogP contribution in [-0.2, 0) is 23.8 Å². The first-order valence-corrected chi connectivity index (χ1v) is 7.29. The lowest BCUT2D eigenvalue weighted by atomic mass is 10.1.